The molecule has 2 N–H and O–H groups in total. The lowest BCUT2D eigenvalue weighted by atomic mass is 10.1. The summed E-state index contributed by atoms with van der Waals surface area (Å²) < 4.78 is 30.6. The molecule has 0 aliphatic heterocycles. The maximum Gasteiger partial charge on any atom is 0.263 e. The van der Waals surface area contributed by atoms with Gasteiger partial charge >= 0.3 is 0 Å². The quantitative estimate of drug-likeness (QED) is 0.921. The van der Waals surface area contributed by atoms with Gasteiger partial charge in [-0.1, -0.05) is 24.3 Å². The number of rotatable bonds is 4. The Kier molecular flexibility index (Phi) is 4.61. The summed E-state index contributed by atoms with van der Waals surface area (Å²) in [5.74, 6) is 0.651. The first-order valence-electron chi connectivity index (χ1n) is 5.72. The first kappa shape index (κ1) is 14.8. The lowest BCUT2D eigenvalue weighted by Crippen LogP contribution is -2.03. The third-order valence-electron chi connectivity index (χ3n) is 2.65. The molecule has 1 aromatic heterocycles. The predicted octanol–water partition coefficient (Wildman–Crippen LogP) is 3.57. The number of benzene rings is 1. The number of ether oxygens (including phenoxy) is 1. The minimum Gasteiger partial charge on any atom is -0.383 e. The smallest absolute Gasteiger partial charge is 0.263 e. The number of alkyl halides is 2. The summed E-state index contributed by atoms with van der Waals surface area (Å²) >= 11 is 3.29. The molecule has 0 saturated heterocycles. The molecule has 7 heteroatoms. The molecule has 0 bridgehead atoms. The highest BCUT2D eigenvalue weighted by Gasteiger charge is 2.12. The number of nitrogens with two attached hydrogens (primary N) is 1. The number of halogens is 3. The highest BCUT2D eigenvalue weighted by molar-refractivity contribution is 9.10. The van der Waals surface area contributed by atoms with E-state index in [4.69, 9.17) is 10.5 Å². The number of methoxy groups -OCH3 is 1. The van der Waals surface area contributed by atoms with E-state index in [0.29, 0.717) is 21.6 Å². The zero-order chi connectivity index (χ0) is 14.7. The molecule has 4 nitrogen and oxygen atoms in total. The molecule has 0 radical (unpaired) electrons. The molecule has 0 fully saturated rings. The van der Waals surface area contributed by atoms with Crippen molar-refractivity contribution in [2.24, 2.45) is 0 Å². The second-order valence-corrected chi connectivity index (χ2v) is 4.84. The Labute approximate surface area is 123 Å². The summed E-state index contributed by atoms with van der Waals surface area (Å²) in [7, 11) is 1.54. The second kappa shape index (κ2) is 6.23. The third-order valence-corrected chi connectivity index (χ3v) is 3.51. The molecule has 2 aromatic rings. The van der Waals surface area contributed by atoms with Crippen molar-refractivity contribution in [1.82, 2.24) is 9.97 Å². The Bertz CT molecular complexity index is 605. The van der Waals surface area contributed by atoms with Crippen LogP contribution in [0.2, 0.25) is 0 Å². The molecular formula is C13H12BrF2N3O. The van der Waals surface area contributed by atoms with Gasteiger partial charge in [-0.05, 0) is 15.9 Å². The average Bonchev–Trinajstić information content (AvgIpc) is 2.44. The number of nitrogen functional groups attached to an aromatic ring is 1. The number of aromatic nitrogens is 2. The number of hydrogen-bond acceptors (Lipinski definition) is 4. The van der Waals surface area contributed by atoms with E-state index in [1.807, 2.05) is 0 Å². The first-order chi connectivity index (χ1) is 9.52. The summed E-state index contributed by atoms with van der Waals surface area (Å²) in [5.41, 5.74) is 6.97. The van der Waals surface area contributed by atoms with Gasteiger partial charge in [0, 0.05) is 18.2 Å². The Hall–Kier alpha value is -1.60. The van der Waals surface area contributed by atoms with Gasteiger partial charge in [0.25, 0.3) is 6.43 Å². The van der Waals surface area contributed by atoms with Gasteiger partial charge in [-0.3, -0.25) is 0 Å². The third kappa shape index (κ3) is 3.10. The van der Waals surface area contributed by atoms with Crippen LogP contribution in [0.1, 0.15) is 17.7 Å². The molecule has 0 aliphatic rings. The molecule has 2 rings (SSSR count). The molecule has 1 aromatic carbocycles. The van der Waals surface area contributed by atoms with E-state index in [-0.39, 0.29) is 18.0 Å². The van der Waals surface area contributed by atoms with Crippen molar-refractivity contribution in [3.63, 3.8) is 0 Å². The van der Waals surface area contributed by atoms with Crippen LogP contribution in [-0.4, -0.2) is 17.1 Å². The fourth-order valence-corrected chi connectivity index (χ4v) is 1.94. The van der Waals surface area contributed by atoms with E-state index in [1.54, 1.807) is 19.2 Å². The molecule has 0 aliphatic carbocycles. The van der Waals surface area contributed by atoms with Crippen molar-refractivity contribution in [2.75, 3.05) is 12.8 Å². The van der Waals surface area contributed by atoms with Gasteiger partial charge in [0.15, 0.2) is 5.82 Å². The van der Waals surface area contributed by atoms with E-state index in [2.05, 4.69) is 25.9 Å². The van der Waals surface area contributed by atoms with E-state index in [9.17, 15) is 8.78 Å². The van der Waals surface area contributed by atoms with Crippen LogP contribution in [0.5, 0.6) is 0 Å². The summed E-state index contributed by atoms with van der Waals surface area (Å²) in [6.07, 6.45) is -2.50. The number of hydrogen-bond donors (Lipinski definition) is 1. The molecule has 0 unspecified atom stereocenters. The lowest BCUT2D eigenvalue weighted by molar-refractivity contribution is 0.151. The maximum atomic E-state index is 12.5. The van der Waals surface area contributed by atoms with Crippen LogP contribution < -0.4 is 5.73 Å². The topological polar surface area (TPSA) is 61.0 Å². The van der Waals surface area contributed by atoms with E-state index in [1.165, 1.54) is 12.1 Å². The second-order valence-electron chi connectivity index (χ2n) is 4.05. The largest absolute Gasteiger partial charge is 0.383 e. The van der Waals surface area contributed by atoms with Crippen LogP contribution in [0.4, 0.5) is 14.6 Å². The van der Waals surface area contributed by atoms with Crippen molar-refractivity contribution in [3.05, 3.63) is 40.0 Å². The van der Waals surface area contributed by atoms with E-state index in [0.717, 1.165) is 0 Å². The summed E-state index contributed by atoms with van der Waals surface area (Å²) in [5, 5.41) is 0. The standard InChI is InChI=1S/C13H12BrF2N3O/c1-20-6-9-10(14)12(17)19-13(18-9)8-4-2-7(3-5-8)11(15)16/h2-5,11H,6H2,1H3,(H2,17,18,19). The Morgan fingerprint density at radius 3 is 2.45 bits per heavy atom. The fourth-order valence-electron chi connectivity index (χ4n) is 1.65. The molecule has 0 saturated carbocycles. The van der Waals surface area contributed by atoms with Crippen molar-refractivity contribution in [2.45, 2.75) is 13.0 Å². The van der Waals surface area contributed by atoms with Gasteiger partial charge < -0.3 is 10.5 Å². The van der Waals surface area contributed by atoms with Gasteiger partial charge in [-0.15, -0.1) is 0 Å². The van der Waals surface area contributed by atoms with Crippen LogP contribution in [-0.2, 0) is 11.3 Å². The van der Waals surface area contributed by atoms with E-state index < -0.39 is 6.43 Å². The predicted molar refractivity (Wildman–Crippen MR) is 75.3 cm³/mol. The number of nitrogens with zero attached hydrogens (tertiary/aromatic N) is 2. The number of anilines is 1. The average molecular weight is 344 g/mol. The van der Waals surface area contributed by atoms with Gasteiger partial charge in [-0.25, -0.2) is 18.7 Å². The van der Waals surface area contributed by atoms with Crippen molar-refractivity contribution < 1.29 is 13.5 Å². The van der Waals surface area contributed by atoms with Crippen LogP contribution in [0, 0.1) is 0 Å². The zero-order valence-corrected chi connectivity index (χ0v) is 12.2. The molecule has 20 heavy (non-hydrogen) atoms. The Morgan fingerprint density at radius 1 is 1.25 bits per heavy atom. The summed E-state index contributed by atoms with van der Waals surface area (Å²) in [6.45, 7) is 0.273. The first-order valence-corrected chi connectivity index (χ1v) is 6.51. The van der Waals surface area contributed by atoms with Gasteiger partial charge in [0.2, 0.25) is 0 Å². The maximum absolute atomic E-state index is 12.5. The Balaban J connectivity index is 2.41. The molecule has 0 amide bonds. The summed E-state index contributed by atoms with van der Waals surface area (Å²) in [4.78, 5) is 8.45. The van der Waals surface area contributed by atoms with E-state index >= 15 is 0 Å². The normalized spacial score (nSPS) is 11.1. The van der Waals surface area contributed by atoms with Gasteiger partial charge in [-0.2, -0.15) is 0 Å². The highest BCUT2D eigenvalue weighted by atomic mass is 79.9. The van der Waals surface area contributed by atoms with Crippen molar-refractivity contribution >= 4 is 21.7 Å². The minimum absolute atomic E-state index is 0.0454. The van der Waals surface area contributed by atoms with Crippen molar-refractivity contribution in [1.29, 1.82) is 0 Å². The van der Waals surface area contributed by atoms with Crippen LogP contribution in [0.25, 0.3) is 11.4 Å². The lowest BCUT2D eigenvalue weighted by Gasteiger charge is -2.09. The highest BCUT2D eigenvalue weighted by Crippen LogP contribution is 2.27. The Morgan fingerprint density at radius 2 is 1.90 bits per heavy atom. The molecule has 0 spiro atoms. The fraction of sp³-hybridized carbons (Fsp3) is 0.231. The van der Waals surface area contributed by atoms with Gasteiger partial charge in [0.1, 0.15) is 5.82 Å². The molecule has 106 valence electrons. The molecule has 0 atom stereocenters. The monoisotopic (exact) mass is 343 g/mol. The van der Waals surface area contributed by atoms with Gasteiger partial charge in [0.05, 0.1) is 16.8 Å². The molecular weight excluding hydrogens is 332 g/mol. The van der Waals surface area contributed by atoms with Crippen LogP contribution in [0.15, 0.2) is 28.7 Å². The zero-order valence-electron chi connectivity index (χ0n) is 10.6. The summed E-state index contributed by atoms with van der Waals surface area (Å²) in [6, 6.07) is 5.77. The van der Waals surface area contributed by atoms with Crippen LogP contribution >= 0.6 is 15.9 Å². The molecule has 1 heterocycles. The minimum atomic E-state index is -2.50. The van der Waals surface area contributed by atoms with Crippen LogP contribution in [0.3, 0.4) is 0 Å². The SMILES string of the molecule is COCc1nc(-c2ccc(C(F)F)cc2)nc(N)c1Br. The van der Waals surface area contributed by atoms with Crippen molar-refractivity contribution in [3.8, 4) is 11.4 Å².